The van der Waals surface area contributed by atoms with Crippen molar-refractivity contribution in [3.05, 3.63) is 42.0 Å². The van der Waals surface area contributed by atoms with Gasteiger partial charge in [0, 0.05) is 6.61 Å². The summed E-state index contributed by atoms with van der Waals surface area (Å²) in [7, 11) is -3.67. The molecule has 0 aliphatic carbocycles. The smallest absolute Gasteiger partial charge is 0.261 e. The summed E-state index contributed by atoms with van der Waals surface area (Å²) in [5.41, 5.74) is 1.18. The molecule has 0 atom stereocenters. The van der Waals surface area contributed by atoms with E-state index in [9.17, 15) is 8.42 Å². The second-order valence-corrected chi connectivity index (χ2v) is 4.52. The lowest BCUT2D eigenvalue weighted by Crippen LogP contribution is -1.88. The molecule has 0 aliphatic rings. The quantitative estimate of drug-likeness (QED) is 0.792. The van der Waals surface area contributed by atoms with Gasteiger partial charge in [-0.2, -0.15) is 8.42 Å². The lowest BCUT2D eigenvalue weighted by atomic mass is 10.2. The summed E-state index contributed by atoms with van der Waals surface area (Å²) in [6.07, 6.45) is 5.42. The highest BCUT2D eigenvalue weighted by molar-refractivity contribution is 7.85. The summed E-state index contributed by atoms with van der Waals surface area (Å²) in [6, 6.07) is 10.1. The zero-order valence-electron chi connectivity index (χ0n) is 9.07. The van der Waals surface area contributed by atoms with Crippen molar-refractivity contribution in [2.24, 2.45) is 0 Å². The van der Waals surface area contributed by atoms with E-state index in [1.165, 1.54) is 5.56 Å². The molecular formula is C11H16O4S. The summed E-state index contributed by atoms with van der Waals surface area (Å²) in [4.78, 5) is 0. The predicted octanol–water partition coefficient (Wildman–Crippen LogP) is 1.59. The molecule has 0 aliphatic heterocycles. The Balaban J connectivity index is 0.000000385. The van der Waals surface area contributed by atoms with Crippen molar-refractivity contribution in [3.8, 4) is 0 Å². The van der Waals surface area contributed by atoms with E-state index in [4.69, 9.17) is 9.66 Å². The molecule has 0 unspecified atom stereocenters. The van der Waals surface area contributed by atoms with Gasteiger partial charge in [0.05, 0.1) is 6.26 Å². The molecule has 0 amide bonds. The Bertz CT molecular complexity index is 387. The summed E-state index contributed by atoms with van der Waals surface area (Å²) in [5.74, 6) is 0. The normalized spacial score (nSPS) is 10.9. The maximum atomic E-state index is 9.19. The molecule has 0 bridgehead atoms. The van der Waals surface area contributed by atoms with E-state index in [1.54, 1.807) is 0 Å². The van der Waals surface area contributed by atoms with Crippen molar-refractivity contribution in [1.82, 2.24) is 0 Å². The van der Waals surface area contributed by atoms with Crippen molar-refractivity contribution in [2.45, 2.75) is 6.42 Å². The van der Waals surface area contributed by atoms with Gasteiger partial charge in [0.1, 0.15) is 0 Å². The molecule has 1 aromatic rings. The van der Waals surface area contributed by atoms with E-state index < -0.39 is 10.1 Å². The van der Waals surface area contributed by atoms with Crippen molar-refractivity contribution < 1.29 is 18.1 Å². The Labute approximate surface area is 96.0 Å². The van der Waals surface area contributed by atoms with Gasteiger partial charge in [-0.25, -0.2) is 0 Å². The third kappa shape index (κ3) is 12.8. The fraction of sp³-hybridized carbons (Fsp3) is 0.273. The zero-order chi connectivity index (χ0) is 12.4. The Kier molecular flexibility index (Phi) is 7.45. The highest BCUT2D eigenvalue weighted by Crippen LogP contribution is 2.00. The van der Waals surface area contributed by atoms with Gasteiger partial charge in [-0.05, 0) is 12.0 Å². The minimum atomic E-state index is -3.67. The standard InChI is InChI=1S/C10H12O.CH4O3S/c11-9-5-4-8-10-6-2-1-3-7-10;1-5(2,3)4/h1-4,6-8,11H,5,9H2;1H3,(H,2,3,4). The van der Waals surface area contributed by atoms with Gasteiger partial charge in [0.25, 0.3) is 10.1 Å². The highest BCUT2D eigenvalue weighted by atomic mass is 32.2. The Morgan fingerprint density at radius 1 is 1.25 bits per heavy atom. The largest absolute Gasteiger partial charge is 0.396 e. The summed E-state index contributed by atoms with van der Waals surface area (Å²) in [6.45, 7) is 0.226. The maximum Gasteiger partial charge on any atom is 0.261 e. The molecule has 16 heavy (non-hydrogen) atoms. The molecule has 0 saturated heterocycles. The second kappa shape index (κ2) is 8.04. The molecule has 0 aromatic heterocycles. The number of aliphatic hydroxyl groups is 1. The van der Waals surface area contributed by atoms with E-state index >= 15 is 0 Å². The van der Waals surface area contributed by atoms with E-state index in [0.717, 1.165) is 6.42 Å². The first kappa shape index (κ1) is 14.8. The Morgan fingerprint density at radius 3 is 2.19 bits per heavy atom. The van der Waals surface area contributed by atoms with E-state index in [-0.39, 0.29) is 6.61 Å². The van der Waals surface area contributed by atoms with E-state index in [2.05, 4.69) is 0 Å². The molecule has 2 N–H and O–H groups in total. The van der Waals surface area contributed by atoms with Gasteiger partial charge in [-0.3, -0.25) is 4.55 Å². The number of benzene rings is 1. The van der Waals surface area contributed by atoms with Crippen LogP contribution in [0.1, 0.15) is 12.0 Å². The first-order valence-corrected chi connectivity index (χ1v) is 6.53. The molecule has 0 heterocycles. The second-order valence-electron chi connectivity index (χ2n) is 3.06. The average Bonchev–Trinajstić information content (AvgIpc) is 2.17. The van der Waals surface area contributed by atoms with Crippen LogP contribution in [0.2, 0.25) is 0 Å². The summed E-state index contributed by atoms with van der Waals surface area (Å²) in [5, 5.41) is 8.49. The SMILES string of the molecule is CS(=O)(=O)O.OCCC=Cc1ccccc1. The van der Waals surface area contributed by atoms with Crippen LogP contribution in [-0.4, -0.2) is 30.9 Å². The van der Waals surface area contributed by atoms with Crippen LogP contribution < -0.4 is 0 Å². The van der Waals surface area contributed by atoms with Crippen LogP contribution in [0.25, 0.3) is 6.08 Å². The molecule has 0 saturated carbocycles. The van der Waals surface area contributed by atoms with Gasteiger partial charge in [0.15, 0.2) is 0 Å². The fourth-order valence-electron chi connectivity index (χ4n) is 0.858. The number of hydrogen-bond donors (Lipinski definition) is 2. The fourth-order valence-corrected chi connectivity index (χ4v) is 0.858. The van der Waals surface area contributed by atoms with Crippen LogP contribution in [-0.2, 0) is 10.1 Å². The van der Waals surface area contributed by atoms with Crippen molar-refractivity contribution in [1.29, 1.82) is 0 Å². The lowest BCUT2D eigenvalue weighted by Gasteiger charge is -1.89. The van der Waals surface area contributed by atoms with Crippen LogP contribution in [0.4, 0.5) is 0 Å². The van der Waals surface area contributed by atoms with Crippen LogP contribution in [0.5, 0.6) is 0 Å². The van der Waals surface area contributed by atoms with Crippen LogP contribution in [0.15, 0.2) is 36.4 Å². The van der Waals surface area contributed by atoms with Crippen LogP contribution in [0, 0.1) is 0 Å². The maximum absolute atomic E-state index is 9.19. The molecule has 0 fully saturated rings. The van der Waals surface area contributed by atoms with Crippen molar-refractivity contribution in [3.63, 3.8) is 0 Å². The minimum Gasteiger partial charge on any atom is -0.396 e. The average molecular weight is 244 g/mol. The Hall–Kier alpha value is -1.17. The van der Waals surface area contributed by atoms with Crippen LogP contribution in [0.3, 0.4) is 0 Å². The van der Waals surface area contributed by atoms with E-state index in [0.29, 0.717) is 6.26 Å². The molecule has 1 rings (SSSR count). The summed E-state index contributed by atoms with van der Waals surface area (Å²) >= 11 is 0. The lowest BCUT2D eigenvalue weighted by molar-refractivity contribution is 0.303. The molecule has 1 aromatic carbocycles. The highest BCUT2D eigenvalue weighted by Gasteiger charge is 1.81. The van der Waals surface area contributed by atoms with Crippen LogP contribution >= 0.6 is 0 Å². The molecular weight excluding hydrogens is 228 g/mol. The van der Waals surface area contributed by atoms with Crippen molar-refractivity contribution in [2.75, 3.05) is 12.9 Å². The third-order valence-corrected chi connectivity index (χ3v) is 1.41. The molecule has 0 spiro atoms. The molecule has 0 radical (unpaired) electrons. The first-order chi connectivity index (χ1) is 7.43. The van der Waals surface area contributed by atoms with Gasteiger partial charge >= 0.3 is 0 Å². The Morgan fingerprint density at radius 2 is 1.75 bits per heavy atom. The predicted molar refractivity (Wildman–Crippen MR) is 64.7 cm³/mol. The monoisotopic (exact) mass is 244 g/mol. The number of hydrogen-bond acceptors (Lipinski definition) is 3. The topological polar surface area (TPSA) is 74.6 Å². The zero-order valence-corrected chi connectivity index (χ0v) is 9.89. The molecule has 4 nitrogen and oxygen atoms in total. The minimum absolute atomic E-state index is 0.226. The van der Waals surface area contributed by atoms with Gasteiger partial charge in [-0.15, -0.1) is 0 Å². The van der Waals surface area contributed by atoms with Gasteiger partial charge < -0.3 is 5.11 Å². The van der Waals surface area contributed by atoms with Crippen molar-refractivity contribution >= 4 is 16.2 Å². The molecule has 5 heteroatoms. The van der Waals surface area contributed by atoms with E-state index in [1.807, 2.05) is 42.5 Å². The van der Waals surface area contributed by atoms with Gasteiger partial charge in [-0.1, -0.05) is 42.5 Å². The molecule has 90 valence electrons. The van der Waals surface area contributed by atoms with Gasteiger partial charge in [0.2, 0.25) is 0 Å². The number of aliphatic hydroxyl groups excluding tert-OH is 1. The number of rotatable bonds is 3. The first-order valence-electron chi connectivity index (χ1n) is 4.68. The summed E-state index contributed by atoms with van der Waals surface area (Å²) < 4.78 is 25.9. The third-order valence-electron chi connectivity index (χ3n) is 1.41.